The third-order valence-electron chi connectivity index (χ3n) is 3.18. The molecule has 1 nitrogen and oxygen atoms in total. The lowest BCUT2D eigenvalue weighted by atomic mass is 10.0. The van der Waals surface area contributed by atoms with Gasteiger partial charge in [-0.3, -0.25) is 5.32 Å². The van der Waals surface area contributed by atoms with Crippen molar-refractivity contribution < 1.29 is 13.2 Å². The van der Waals surface area contributed by atoms with Gasteiger partial charge in [0.25, 0.3) is 0 Å². The molecule has 0 saturated carbocycles. The molecule has 0 bridgehead atoms. The number of nitrogens with one attached hydrogen (secondary N) is 1. The van der Waals surface area contributed by atoms with Gasteiger partial charge in [0.2, 0.25) is 0 Å². The first kappa shape index (κ1) is 14.6. The number of alkyl halides is 3. The molecule has 0 radical (unpaired) electrons. The molecule has 20 heavy (non-hydrogen) atoms. The predicted molar refractivity (Wildman–Crippen MR) is 73.2 cm³/mol. The number of hydrogen-bond donors (Lipinski definition) is 1. The van der Waals surface area contributed by atoms with E-state index in [9.17, 15) is 13.2 Å². The molecule has 0 unspecified atom stereocenters. The van der Waals surface area contributed by atoms with E-state index in [1.165, 1.54) is 12.1 Å². The minimum Gasteiger partial charge on any atom is -0.296 e. The molecule has 2 atom stereocenters. The van der Waals surface area contributed by atoms with Gasteiger partial charge in [0.05, 0.1) is 0 Å². The number of halogens is 3. The van der Waals surface area contributed by atoms with E-state index in [0.717, 1.165) is 5.56 Å². The van der Waals surface area contributed by atoms with E-state index in [1.54, 1.807) is 25.1 Å². The highest BCUT2D eigenvalue weighted by atomic mass is 19.4. The average molecular weight is 279 g/mol. The standard InChI is InChI=1S/C16H16F3N/c1-12(13-8-4-2-5-9-13)20-15(16(17,18)19)14-10-6-3-7-11-14/h2-12,15,20H,1H3/t12-,15+/m1/s1. The van der Waals surface area contributed by atoms with Crippen molar-refractivity contribution in [2.45, 2.75) is 25.2 Å². The summed E-state index contributed by atoms with van der Waals surface area (Å²) >= 11 is 0. The topological polar surface area (TPSA) is 12.0 Å². The van der Waals surface area contributed by atoms with E-state index in [4.69, 9.17) is 0 Å². The fraction of sp³-hybridized carbons (Fsp3) is 0.250. The zero-order valence-electron chi connectivity index (χ0n) is 11.1. The minimum absolute atomic E-state index is 0.225. The normalized spacial score (nSPS) is 14.8. The molecule has 106 valence electrons. The Labute approximate surface area is 116 Å². The maximum atomic E-state index is 13.2. The lowest BCUT2D eigenvalue weighted by molar-refractivity contribution is -0.159. The van der Waals surface area contributed by atoms with Crippen LogP contribution >= 0.6 is 0 Å². The monoisotopic (exact) mass is 279 g/mol. The number of benzene rings is 2. The van der Waals surface area contributed by atoms with Crippen LogP contribution in [0, 0.1) is 0 Å². The maximum Gasteiger partial charge on any atom is 0.407 e. The Morgan fingerprint density at radius 1 is 0.800 bits per heavy atom. The highest BCUT2D eigenvalue weighted by Crippen LogP contribution is 2.34. The van der Waals surface area contributed by atoms with Crippen LogP contribution in [-0.2, 0) is 0 Å². The molecule has 0 heterocycles. The molecular weight excluding hydrogens is 263 g/mol. The Hall–Kier alpha value is -1.81. The third-order valence-corrected chi connectivity index (χ3v) is 3.18. The third kappa shape index (κ3) is 3.61. The summed E-state index contributed by atoms with van der Waals surface area (Å²) in [7, 11) is 0. The van der Waals surface area contributed by atoms with Crippen molar-refractivity contribution in [2.75, 3.05) is 0 Å². The van der Waals surface area contributed by atoms with Crippen LogP contribution < -0.4 is 5.32 Å². The summed E-state index contributed by atoms with van der Waals surface area (Å²) in [6.45, 7) is 1.73. The van der Waals surface area contributed by atoms with Crippen LogP contribution in [0.15, 0.2) is 60.7 Å². The summed E-state index contributed by atoms with van der Waals surface area (Å²) in [6, 6.07) is 15.0. The largest absolute Gasteiger partial charge is 0.407 e. The van der Waals surface area contributed by atoms with E-state index in [0.29, 0.717) is 0 Å². The van der Waals surface area contributed by atoms with E-state index in [1.807, 2.05) is 30.3 Å². The second kappa shape index (κ2) is 6.09. The fourth-order valence-electron chi connectivity index (χ4n) is 2.11. The van der Waals surface area contributed by atoms with Crippen molar-refractivity contribution in [1.82, 2.24) is 5.32 Å². The van der Waals surface area contributed by atoms with Crippen LogP contribution in [0.5, 0.6) is 0 Å². The van der Waals surface area contributed by atoms with E-state index in [2.05, 4.69) is 5.32 Å². The lowest BCUT2D eigenvalue weighted by Gasteiger charge is -2.26. The molecule has 2 aromatic rings. The smallest absolute Gasteiger partial charge is 0.296 e. The van der Waals surface area contributed by atoms with E-state index >= 15 is 0 Å². The van der Waals surface area contributed by atoms with Crippen LogP contribution in [0.2, 0.25) is 0 Å². The van der Waals surface area contributed by atoms with E-state index in [-0.39, 0.29) is 11.6 Å². The van der Waals surface area contributed by atoms with Crippen LogP contribution in [0.3, 0.4) is 0 Å². The highest BCUT2D eigenvalue weighted by Gasteiger charge is 2.41. The fourth-order valence-corrected chi connectivity index (χ4v) is 2.11. The highest BCUT2D eigenvalue weighted by molar-refractivity contribution is 5.23. The molecule has 0 spiro atoms. The van der Waals surface area contributed by atoms with Gasteiger partial charge < -0.3 is 0 Å². The lowest BCUT2D eigenvalue weighted by Crippen LogP contribution is -2.35. The molecule has 4 heteroatoms. The van der Waals surface area contributed by atoms with Crippen molar-refractivity contribution in [3.05, 3.63) is 71.8 Å². The molecule has 0 fully saturated rings. The predicted octanol–water partition coefficient (Wildman–Crippen LogP) is 4.64. The molecule has 0 aromatic heterocycles. The van der Waals surface area contributed by atoms with Gasteiger partial charge in [0.15, 0.2) is 0 Å². The molecule has 0 aliphatic carbocycles. The van der Waals surface area contributed by atoms with Crippen LogP contribution in [-0.4, -0.2) is 6.18 Å². The SMILES string of the molecule is C[C@@H](N[C@@H](c1ccccc1)C(F)(F)F)c1ccccc1. The summed E-state index contributed by atoms with van der Waals surface area (Å²) in [5.41, 5.74) is 1.06. The van der Waals surface area contributed by atoms with Crippen molar-refractivity contribution in [1.29, 1.82) is 0 Å². The first-order valence-corrected chi connectivity index (χ1v) is 6.41. The van der Waals surface area contributed by atoms with Crippen molar-refractivity contribution in [3.8, 4) is 0 Å². The van der Waals surface area contributed by atoms with Gasteiger partial charge in [0.1, 0.15) is 6.04 Å². The van der Waals surface area contributed by atoms with Gasteiger partial charge in [-0.25, -0.2) is 0 Å². The molecular formula is C16H16F3N. The summed E-state index contributed by atoms with van der Waals surface area (Å²) < 4.78 is 39.7. The maximum absolute atomic E-state index is 13.2. The molecule has 0 aliphatic heterocycles. The molecule has 0 saturated heterocycles. The van der Waals surface area contributed by atoms with Crippen molar-refractivity contribution in [3.63, 3.8) is 0 Å². The zero-order valence-corrected chi connectivity index (χ0v) is 11.1. The van der Waals surface area contributed by atoms with Gasteiger partial charge in [-0.1, -0.05) is 60.7 Å². The molecule has 2 aromatic carbocycles. The summed E-state index contributed by atoms with van der Waals surface area (Å²) in [6.07, 6.45) is -4.33. The van der Waals surface area contributed by atoms with Crippen molar-refractivity contribution in [2.24, 2.45) is 0 Å². The van der Waals surface area contributed by atoms with Gasteiger partial charge in [-0.15, -0.1) is 0 Å². The first-order valence-electron chi connectivity index (χ1n) is 6.41. The molecule has 2 rings (SSSR count). The second-order valence-corrected chi connectivity index (χ2v) is 4.68. The van der Waals surface area contributed by atoms with Crippen LogP contribution in [0.25, 0.3) is 0 Å². The Bertz CT molecular complexity index is 522. The first-order chi connectivity index (χ1) is 9.48. The molecule has 0 aliphatic rings. The molecule has 1 N–H and O–H groups in total. The zero-order chi connectivity index (χ0) is 14.6. The summed E-state index contributed by atoms with van der Waals surface area (Å²) in [5.74, 6) is 0. The summed E-state index contributed by atoms with van der Waals surface area (Å²) in [4.78, 5) is 0. The van der Waals surface area contributed by atoms with Gasteiger partial charge >= 0.3 is 6.18 Å². The van der Waals surface area contributed by atoms with E-state index < -0.39 is 12.2 Å². The Morgan fingerprint density at radius 3 is 1.70 bits per heavy atom. The Balaban J connectivity index is 2.22. The summed E-state index contributed by atoms with van der Waals surface area (Å²) in [5, 5.41) is 2.66. The van der Waals surface area contributed by atoms with Gasteiger partial charge in [-0.05, 0) is 18.1 Å². The molecule has 0 amide bonds. The average Bonchev–Trinajstić information content (AvgIpc) is 2.45. The van der Waals surface area contributed by atoms with Crippen molar-refractivity contribution >= 4 is 0 Å². The second-order valence-electron chi connectivity index (χ2n) is 4.68. The van der Waals surface area contributed by atoms with Crippen LogP contribution in [0.1, 0.15) is 30.1 Å². The van der Waals surface area contributed by atoms with Gasteiger partial charge in [0, 0.05) is 6.04 Å². The van der Waals surface area contributed by atoms with Crippen LogP contribution in [0.4, 0.5) is 13.2 Å². The number of rotatable bonds is 4. The minimum atomic E-state index is -4.33. The Morgan fingerprint density at radius 2 is 1.25 bits per heavy atom. The van der Waals surface area contributed by atoms with Gasteiger partial charge in [-0.2, -0.15) is 13.2 Å². The Kier molecular flexibility index (Phi) is 4.45. The number of hydrogen-bond acceptors (Lipinski definition) is 1. The quantitative estimate of drug-likeness (QED) is 0.859.